The van der Waals surface area contributed by atoms with Gasteiger partial charge in [0.1, 0.15) is 0 Å². The summed E-state index contributed by atoms with van der Waals surface area (Å²) < 4.78 is 16.4. The zero-order chi connectivity index (χ0) is 23.2. The van der Waals surface area contributed by atoms with E-state index in [4.69, 9.17) is 13.9 Å². The number of rotatable bonds is 4. The molecule has 1 aliphatic carbocycles. The maximum atomic E-state index is 13.7. The number of carbonyl (C=O) groups excluding carboxylic acids is 1. The lowest BCUT2D eigenvalue weighted by molar-refractivity contribution is -0.140. The fourth-order valence-electron chi connectivity index (χ4n) is 5.70. The van der Waals surface area contributed by atoms with Crippen LogP contribution in [0.5, 0.6) is 11.5 Å². The molecule has 0 saturated heterocycles. The smallest absolute Gasteiger partial charge is 0.340 e. The van der Waals surface area contributed by atoms with Gasteiger partial charge in [-0.15, -0.1) is 0 Å². The standard InChI is InChI=1S/C25H29N3O5/c1-15-16-7-8-19(31-2)22(32-3)21(16)33-24(30)17(15)13-20(29)28-12-9-18-23(27-14-26-18)25(28)10-5-4-6-11-25/h7-8,14H,4-6,9-13H2,1-3H3,(H,26,27). The summed E-state index contributed by atoms with van der Waals surface area (Å²) in [5, 5.41) is 0.732. The van der Waals surface area contributed by atoms with Gasteiger partial charge in [-0.3, -0.25) is 4.79 Å². The summed E-state index contributed by atoms with van der Waals surface area (Å²) >= 11 is 0. The van der Waals surface area contributed by atoms with Crippen molar-refractivity contribution in [3.05, 3.63) is 51.4 Å². The van der Waals surface area contributed by atoms with Gasteiger partial charge in [-0.25, -0.2) is 9.78 Å². The second-order valence-electron chi connectivity index (χ2n) is 8.96. The van der Waals surface area contributed by atoms with Gasteiger partial charge in [0.05, 0.1) is 43.8 Å². The van der Waals surface area contributed by atoms with Gasteiger partial charge in [-0.2, -0.15) is 0 Å². The summed E-state index contributed by atoms with van der Waals surface area (Å²) in [6.07, 6.45) is 7.58. The second-order valence-corrected chi connectivity index (χ2v) is 8.96. The Morgan fingerprint density at radius 3 is 2.73 bits per heavy atom. The number of aromatic nitrogens is 2. The first kappa shape index (κ1) is 21.6. The van der Waals surface area contributed by atoms with E-state index in [-0.39, 0.29) is 17.9 Å². The third-order valence-corrected chi connectivity index (χ3v) is 7.37. The van der Waals surface area contributed by atoms with Gasteiger partial charge < -0.3 is 23.8 Å². The molecule has 0 atom stereocenters. The number of amides is 1. The molecule has 1 aromatic carbocycles. The van der Waals surface area contributed by atoms with E-state index in [1.54, 1.807) is 12.4 Å². The number of H-pyrrole nitrogens is 1. The minimum absolute atomic E-state index is 0.0000421. The minimum atomic E-state index is -0.518. The SMILES string of the molecule is COc1ccc2c(C)c(CC(=O)N3CCc4[nH]cnc4C34CCCCC4)c(=O)oc2c1OC. The number of hydrogen-bond donors (Lipinski definition) is 1. The lowest BCUT2D eigenvalue weighted by Crippen LogP contribution is -2.55. The molecule has 1 N–H and O–H groups in total. The number of nitrogens with zero attached hydrogens (tertiary/aromatic N) is 2. The van der Waals surface area contributed by atoms with Gasteiger partial charge in [0.15, 0.2) is 11.3 Å². The monoisotopic (exact) mass is 451 g/mol. The van der Waals surface area contributed by atoms with Crippen molar-refractivity contribution in [1.29, 1.82) is 0 Å². The quantitative estimate of drug-likeness (QED) is 0.609. The van der Waals surface area contributed by atoms with E-state index in [9.17, 15) is 9.59 Å². The number of nitrogens with one attached hydrogen (secondary N) is 1. The van der Waals surface area contributed by atoms with Gasteiger partial charge in [0, 0.05) is 24.0 Å². The van der Waals surface area contributed by atoms with Gasteiger partial charge >= 0.3 is 5.63 Å². The van der Waals surface area contributed by atoms with E-state index in [1.165, 1.54) is 20.6 Å². The van der Waals surface area contributed by atoms with E-state index in [0.717, 1.165) is 54.4 Å². The van der Waals surface area contributed by atoms with Crippen molar-refractivity contribution in [3.63, 3.8) is 0 Å². The van der Waals surface area contributed by atoms with Crippen LogP contribution >= 0.6 is 0 Å². The van der Waals surface area contributed by atoms with Crippen LogP contribution in [0.25, 0.3) is 11.0 Å². The third-order valence-electron chi connectivity index (χ3n) is 7.37. The largest absolute Gasteiger partial charge is 0.493 e. The molecule has 3 aromatic rings. The fourth-order valence-corrected chi connectivity index (χ4v) is 5.70. The van der Waals surface area contributed by atoms with Crippen molar-refractivity contribution >= 4 is 16.9 Å². The Kier molecular flexibility index (Phi) is 5.38. The number of aromatic amines is 1. The fraction of sp³-hybridized carbons (Fsp3) is 0.480. The van der Waals surface area contributed by atoms with E-state index in [2.05, 4.69) is 9.97 Å². The highest BCUT2D eigenvalue weighted by Gasteiger charge is 2.47. The Bertz CT molecular complexity index is 1270. The van der Waals surface area contributed by atoms with Crippen molar-refractivity contribution < 1.29 is 18.7 Å². The predicted octanol–water partition coefficient (Wildman–Crippen LogP) is 3.63. The molecule has 174 valence electrons. The first-order chi connectivity index (χ1) is 16.0. The first-order valence-corrected chi connectivity index (χ1v) is 11.5. The Hall–Kier alpha value is -3.29. The highest BCUT2D eigenvalue weighted by atomic mass is 16.5. The molecule has 1 fully saturated rings. The highest BCUT2D eigenvalue weighted by molar-refractivity contribution is 5.90. The summed E-state index contributed by atoms with van der Waals surface area (Å²) in [5.74, 6) is 0.802. The van der Waals surface area contributed by atoms with Crippen molar-refractivity contribution in [2.45, 2.75) is 57.4 Å². The minimum Gasteiger partial charge on any atom is -0.493 e. The number of aryl methyl sites for hydroxylation is 1. The first-order valence-electron chi connectivity index (χ1n) is 11.5. The highest BCUT2D eigenvalue weighted by Crippen LogP contribution is 2.45. The van der Waals surface area contributed by atoms with Crippen LogP contribution in [0.3, 0.4) is 0 Å². The summed E-state index contributed by atoms with van der Waals surface area (Å²) in [6.45, 7) is 2.48. The van der Waals surface area contributed by atoms with Gasteiger partial charge in [0.25, 0.3) is 0 Å². The van der Waals surface area contributed by atoms with Crippen LogP contribution in [0.2, 0.25) is 0 Å². The molecule has 1 saturated carbocycles. The molecule has 1 amide bonds. The third kappa shape index (κ3) is 3.31. The van der Waals surface area contributed by atoms with Gasteiger partial charge in [-0.05, 0) is 37.5 Å². The maximum Gasteiger partial charge on any atom is 0.340 e. The zero-order valence-corrected chi connectivity index (χ0v) is 19.3. The molecule has 0 bridgehead atoms. The molecule has 1 aliphatic heterocycles. The molecule has 2 aromatic heterocycles. The number of imidazole rings is 1. The summed E-state index contributed by atoms with van der Waals surface area (Å²) in [4.78, 5) is 36.6. The van der Waals surface area contributed by atoms with Crippen LogP contribution in [-0.4, -0.2) is 41.5 Å². The van der Waals surface area contributed by atoms with Crippen LogP contribution in [0.15, 0.2) is 27.7 Å². The number of carbonyl (C=O) groups is 1. The molecule has 3 heterocycles. The van der Waals surface area contributed by atoms with Crippen LogP contribution in [0, 0.1) is 6.92 Å². The molecule has 33 heavy (non-hydrogen) atoms. The average molecular weight is 452 g/mol. The van der Waals surface area contributed by atoms with E-state index >= 15 is 0 Å². The maximum absolute atomic E-state index is 13.7. The van der Waals surface area contributed by atoms with Gasteiger partial charge in [-0.1, -0.05) is 19.3 Å². The van der Waals surface area contributed by atoms with Gasteiger partial charge in [0.2, 0.25) is 11.7 Å². The van der Waals surface area contributed by atoms with Crippen LogP contribution in [0.4, 0.5) is 0 Å². The summed E-state index contributed by atoms with van der Waals surface area (Å²) in [6, 6.07) is 3.61. The van der Waals surface area contributed by atoms with E-state index < -0.39 is 5.63 Å². The van der Waals surface area contributed by atoms with Crippen molar-refractivity contribution in [2.75, 3.05) is 20.8 Å². The zero-order valence-electron chi connectivity index (χ0n) is 19.3. The number of fused-ring (bicyclic) bond motifs is 3. The van der Waals surface area contributed by atoms with Crippen molar-refractivity contribution in [2.24, 2.45) is 0 Å². The predicted molar refractivity (Wildman–Crippen MR) is 123 cm³/mol. The Morgan fingerprint density at radius 2 is 2.00 bits per heavy atom. The molecule has 8 heteroatoms. The lowest BCUT2D eigenvalue weighted by Gasteiger charge is -2.48. The van der Waals surface area contributed by atoms with Crippen LogP contribution in [-0.2, 0) is 23.2 Å². The number of methoxy groups -OCH3 is 2. The second kappa shape index (κ2) is 8.24. The average Bonchev–Trinajstić information content (AvgIpc) is 3.32. The van der Waals surface area contributed by atoms with Crippen LogP contribution < -0.4 is 15.1 Å². The molecule has 2 aliphatic rings. The van der Waals surface area contributed by atoms with E-state index in [0.29, 0.717) is 29.2 Å². The Balaban J connectivity index is 1.53. The van der Waals surface area contributed by atoms with Crippen LogP contribution in [0.1, 0.15) is 54.6 Å². The molecule has 8 nitrogen and oxygen atoms in total. The molecular weight excluding hydrogens is 422 g/mol. The molecule has 1 spiro atoms. The molecule has 5 rings (SSSR count). The molecule has 0 radical (unpaired) electrons. The molecule has 0 unspecified atom stereocenters. The molecular formula is C25H29N3O5. The topological polar surface area (TPSA) is 97.7 Å². The van der Waals surface area contributed by atoms with E-state index in [1.807, 2.05) is 17.9 Å². The van der Waals surface area contributed by atoms with Crippen molar-refractivity contribution in [3.8, 4) is 11.5 Å². The van der Waals surface area contributed by atoms with Crippen molar-refractivity contribution in [1.82, 2.24) is 14.9 Å². The Labute approximate surface area is 191 Å². The summed E-state index contributed by atoms with van der Waals surface area (Å²) in [7, 11) is 3.04. The normalized spacial score (nSPS) is 17.2. The Morgan fingerprint density at radius 1 is 1.21 bits per heavy atom. The number of benzene rings is 1. The lowest BCUT2D eigenvalue weighted by atomic mass is 9.74. The summed E-state index contributed by atoms with van der Waals surface area (Å²) in [5.41, 5.74) is 2.67. The number of ether oxygens (including phenoxy) is 2. The number of hydrogen-bond acceptors (Lipinski definition) is 6.